The van der Waals surface area contributed by atoms with Crippen molar-refractivity contribution >= 4 is 5.91 Å². The molecule has 2 aromatic rings. The fourth-order valence-electron chi connectivity index (χ4n) is 4.45. The molecule has 0 bridgehead atoms. The largest absolute Gasteiger partial charge is 0.476 e. The van der Waals surface area contributed by atoms with E-state index in [4.69, 9.17) is 4.74 Å². The van der Waals surface area contributed by atoms with Crippen LogP contribution in [0.4, 0.5) is 13.2 Å². The normalized spacial score (nSPS) is 22.6. The fourth-order valence-corrected chi connectivity index (χ4v) is 4.45. The van der Waals surface area contributed by atoms with Gasteiger partial charge >= 0.3 is 6.18 Å². The van der Waals surface area contributed by atoms with Crippen LogP contribution in [-0.4, -0.2) is 82.3 Å². The Morgan fingerprint density at radius 2 is 1.82 bits per heavy atom. The van der Waals surface area contributed by atoms with Gasteiger partial charge in [-0.15, -0.1) is 0 Å². The van der Waals surface area contributed by atoms with Crippen molar-refractivity contribution in [3.8, 4) is 5.75 Å². The highest BCUT2D eigenvalue weighted by atomic mass is 19.4. The number of ether oxygens (including phenoxy) is 1. The summed E-state index contributed by atoms with van der Waals surface area (Å²) in [6.45, 7) is 7.23. The van der Waals surface area contributed by atoms with Crippen LogP contribution in [0, 0.1) is 0 Å². The first-order valence-corrected chi connectivity index (χ1v) is 11.3. The van der Waals surface area contributed by atoms with Crippen molar-refractivity contribution in [2.24, 2.45) is 0 Å². The number of likely N-dealkylation sites (N-methyl/N-ethyl adjacent to an activating group) is 1. The lowest BCUT2D eigenvalue weighted by Gasteiger charge is -2.38. The maximum atomic E-state index is 13.7. The number of aromatic nitrogens is 2. The van der Waals surface area contributed by atoms with Gasteiger partial charge in [-0.3, -0.25) is 14.4 Å². The number of likely N-dealkylation sites (tertiary alicyclic amines) is 1. The van der Waals surface area contributed by atoms with Crippen molar-refractivity contribution < 1.29 is 22.7 Å². The van der Waals surface area contributed by atoms with Gasteiger partial charge in [0.2, 0.25) is 5.60 Å². The lowest BCUT2D eigenvalue weighted by molar-refractivity contribution is -0.149. The molecule has 1 aromatic carbocycles. The van der Waals surface area contributed by atoms with Gasteiger partial charge in [-0.05, 0) is 38.2 Å². The molecule has 3 heterocycles. The predicted molar refractivity (Wildman–Crippen MR) is 117 cm³/mol. The first-order valence-electron chi connectivity index (χ1n) is 11.3. The van der Waals surface area contributed by atoms with E-state index in [2.05, 4.69) is 14.9 Å². The third kappa shape index (κ3) is 5.33. The summed E-state index contributed by atoms with van der Waals surface area (Å²) in [5, 5.41) is 4.31. The Kier molecular flexibility index (Phi) is 6.67. The monoisotopic (exact) mass is 465 g/mol. The van der Waals surface area contributed by atoms with Crippen LogP contribution < -0.4 is 4.74 Å². The average molecular weight is 466 g/mol. The zero-order chi connectivity index (χ0) is 23.6. The van der Waals surface area contributed by atoms with Gasteiger partial charge in [0.25, 0.3) is 5.91 Å². The van der Waals surface area contributed by atoms with Crippen LogP contribution in [0.25, 0.3) is 0 Å². The van der Waals surface area contributed by atoms with Crippen LogP contribution in [0.15, 0.2) is 36.7 Å². The standard InChI is InChI=1S/C23H30F3N5O2/c1-3-31-16-18(14-27-31)15-29-9-8-22(17-29,21(32)30-12-10-28(2)11-13-30)33-20-6-4-19(5-7-20)23(24,25)26/h4-7,14,16H,3,8-13,15,17H2,1-2H3/t22-/m1/s1. The van der Waals surface area contributed by atoms with Gasteiger partial charge in [-0.25, -0.2) is 0 Å². The van der Waals surface area contributed by atoms with E-state index in [1.165, 1.54) is 12.1 Å². The Balaban J connectivity index is 1.54. The maximum absolute atomic E-state index is 13.7. The summed E-state index contributed by atoms with van der Waals surface area (Å²) in [5.41, 5.74) is -0.819. The predicted octanol–water partition coefficient (Wildman–Crippen LogP) is 2.72. The second-order valence-corrected chi connectivity index (χ2v) is 8.88. The third-order valence-electron chi connectivity index (χ3n) is 6.40. The van der Waals surface area contributed by atoms with Gasteiger partial charge in [-0.1, -0.05) is 0 Å². The van der Waals surface area contributed by atoms with E-state index in [0.29, 0.717) is 39.1 Å². The number of rotatable bonds is 6. The molecule has 1 atom stereocenters. The summed E-state index contributed by atoms with van der Waals surface area (Å²) in [5.74, 6) is 0.174. The second kappa shape index (κ2) is 9.34. The Hall–Kier alpha value is -2.59. The number of alkyl halides is 3. The Morgan fingerprint density at radius 3 is 2.42 bits per heavy atom. The summed E-state index contributed by atoms with van der Waals surface area (Å²) in [7, 11) is 2.02. The molecule has 1 aromatic heterocycles. The minimum absolute atomic E-state index is 0.0951. The zero-order valence-corrected chi connectivity index (χ0v) is 19.0. The molecule has 2 aliphatic heterocycles. The maximum Gasteiger partial charge on any atom is 0.416 e. The highest BCUT2D eigenvalue weighted by molar-refractivity contribution is 5.86. The molecule has 7 nitrogen and oxygen atoms in total. The number of carbonyl (C=O) groups excluding carboxylic acids is 1. The number of aryl methyl sites for hydroxylation is 1. The third-order valence-corrected chi connectivity index (χ3v) is 6.40. The molecule has 180 valence electrons. The molecule has 1 amide bonds. The highest BCUT2D eigenvalue weighted by Gasteiger charge is 2.49. The summed E-state index contributed by atoms with van der Waals surface area (Å²) in [4.78, 5) is 19.8. The van der Waals surface area contributed by atoms with Crippen molar-refractivity contribution in [3.63, 3.8) is 0 Å². The molecule has 4 rings (SSSR count). The number of amides is 1. The van der Waals surface area contributed by atoms with Crippen molar-refractivity contribution in [2.45, 2.75) is 38.2 Å². The van der Waals surface area contributed by atoms with Gasteiger partial charge in [0.15, 0.2) is 0 Å². The molecule has 0 N–H and O–H groups in total. The Bertz CT molecular complexity index is 954. The van der Waals surface area contributed by atoms with Gasteiger partial charge in [-0.2, -0.15) is 18.3 Å². The van der Waals surface area contributed by atoms with Crippen LogP contribution in [0.5, 0.6) is 5.75 Å². The van der Waals surface area contributed by atoms with E-state index in [1.54, 1.807) is 0 Å². The minimum atomic E-state index is -4.42. The number of hydrogen-bond donors (Lipinski definition) is 0. The SMILES string of the molecule is CCn1cc(CN2CC[C@](Oc3ccc(C(F)(F)F)cc3)(C(=O)N3CCN(C)CC3)C2)cn1. The zero-order valence-electron chi connectivity index (χ0n) is 19.0. The average Bonchev–Trinajstić information content (AvgIpc) is 3.41. The summed E-state index contributed by atoms with van der Waals surface area (Å²) in [6.07, 6.45) is -0.137. The summed E-state index contributed by atoms with van der Waals surface area (Å²) >= 11 is 0. The van der Waals surface area contributed by atoms with Crippen molar-refractivity contribution in [2.75, 3.05) is 46.3 Å². The van der Waals surface area contributed by atoms with Gasteiger partial charge in [0.1, 0.15) is 5.75 Å². The number of hydrogen-bond acceptors (Lipinski definition) is 5. The van der Waals surface area contributed by atoms with E-state index < -0.39 is 17.3 Å². The molecule has 0 saturated carbocycles. The van der Waals surface area contributed by atoms with Crippen LogP contribution >= 0.6 is 0 Å². The van der Waals surface area contributed by atoms with Gasteiger partial charge in [0, 0.05) is 70.5 Å². The van der Waals surface area contributed by atoms with Crippen molar-refractivity contribution in [1.29, 1.82) is 0 Å². The fraction of sp³-hybridized carbons (Fsp3) is 0.565. The van der Waals surface area contributed by atoms with E-state index in [-0.39, 0.29) is 11.7 Å². The van der Waals surface area contributed by atoms with E-state index in [9.17, 15) is 18.0 Å². The lowest BCUT2D eigenvalue weighted by Crippen LogP contribution is -2.58. The molecular formula is C23H30F3N5O2. The van der Waals surface area contributed by atoms with Crippen LogP contribution in [-0.2, 0) is 24.1 Å². The number of halogens is 3. The Labute approximate surface area is 191 Å². The van der Waals surface area contributed by atoms with Gasteiger partial charge in [0.05, 0.1) is 11.8 Å². The highest BCUT2D eigenvalue weighted by Crippen LogP contribution is 2.34. The minimum Gasteiger partial charge on any atom is -0.476 e. The summed E-state index contributed by atoms with van der Waals surface area (Å²) < 4.78 is 47.0. The van der Waals surface area contributed by atoms with Crippen LogP contribution in [0.3, 0.4) is 0 Å². The quantitative estimate of drug-likeness (QED) is 0.657. The summed E-state index contributed by atoms with van der Waals surface area (Å²) in [6, 6.07) is 4.59. The lowest BCUT2D eigenvalue weighted by atomic mass is 10.00. The molecule has 0 aliphatic carbocycles. The first kappa shape index (κ1) is 23.6. The molecule has 0 radical (unpaired) electrons. The van der Waals surface area contributed by atoms with E-state index in [1.807, 2.05) is 35.9 Å². The first-order chi connectivity index (χ1) is 15.7. The molecule has 2 saturated heterocycles. The van der Waals surface area contributed by atoms with Crippen LogP contribution in [0.2, 0.25) is 0 Å². The molecule has 0 unspecified atom stereocenters. The van der Waals surface area contributed by atoms with Gasteiger partial charge < -0.3 is 14.5 Å². The van der Waals surface area contributed by atoms with Crippen molar-refractivity contribution in [3.05, 3.63) is 47.8 Å². The number of nitrogens with zero attached hydrogens (tertiary/aromatic N) is 5. The second-order valence-electron chi connectivity index (χ2n) is 8.88. The number of carbonyl (C=O) groups is 1. The molecule has 2 fully saturated rings. The van der Waals surface area contributed by atoms with Crippen molar-refractivity contribution in [1.82, 2.24) is 24.5 Å². The Morgan fingerprint density at radius 1 is 1.12 bits per heavy atom. The number of piperazine rings is 1. The molecule has 33 heavy (non-hydrogen) atoms. The van der Waals surface area contributed by atoms with E-state index >= 15 is 0 Å². The smallest absolute Gasteiger partial charge is 0.416 e. The van der Waals surface area contributed by atoms with E-state index in [0.717, 1.165) is 37.3 Å². The topological polar surface area (TPSA) is 53.8 Å². The number of benzene rings is 1. The van der Waals surface area contributed by atoms with Crippen LogP contribution in [0.1, 0.15) is 24.5 Å². The molecule has 2 aliphatic rings. The molecule has 10 heteroatoms. The molecule has 0 spiro atoms. The molecular weight excluding hydrogens is 435 g/mol.